The minimum Gasteiger partial charge on any atom is -0.469 e. The highest BCUT2D eigenvalue weighted by atomic mass is 16.5. The third kappa shape index (κ3) is 5.63. The molecule has 0 saturated heterocycles. The zero-order valence-corrected chi connectivity index (χ0v) is 14.8. The number of hydrogen-bond donors (Lipinski definition) is 2. The quantitative estimate of drug-likeness (QED) is 0.455. The number of esters is 1. The van der Waals surface area contributed by atoms with E-state index in [0.29, 0.717) is 31.5 Å². The predicted molar refractivity (Wildman–Crippen MR) is 95.9 cm³/mol. The highest BCUT2D eigenvalue weighted by molar-refractivity contribution is 5.80. The van der Waals surface area contributed by atoms with E-state index in [-0.39, 0.29) is 11.9 Å². The van der Waals surface area contributed by atoms with E-state index in [1.807, 2.05) is 37.3 Å². The van der Waals surface area contributed by atoms with Crippen molar-refractivity contribution in [2.45, 2.75) is 20.4 Å². The summed E-state index contributed by atoms with van der Waals surface area (Å²) in [5.41, 5.74) is 1.66. The van der Waals surface area contributed by atoms with E-state index < -0.39 is 0 Å². The third-order valence-electron chi connectivity index (χ3n) is 3.50. The van der Waals surface area contributed by atoms with E-state index >= 15 is 0 Å². The maximum Gasteiger partial charge on any atom is 0.310 e. The van der Waals surface area contributed by atoms with Crippen molar-refractivity contribution in [3.63, 3.8) is 0 Å². The topological polar surface area (TPSA) is 88.8 Å². The van der Waals surface area contributed by atoms with Crippen LogP contribution in [0.3, 0.4) is 0 Å². The van der Waals surface area contributed by atoms with Crippen LogP contribution in [0.15, 0.2) is 46.0 Å². The smallest absolute Gasteiger partial charge is 0.310 e. The summed E-state index contributed by atoms with van der Waals surface area (Å²) in [5, 5.41) is 6.26. The first kappa shape index (κ1) is 18.5. The number of carbonyl (C=O) groups is 1. The van der Waals surface area contributed by atoms with Gasteiger partial charge < -0.3 is 19.8 Å². The molecular weight excluding hydrogens is 320 g/mol. The van der Waals surface area contributed by atoms with Crippen LogP contribution in [0.2, 0.25) is 0 Å². The molecule has 134 valence electrons. The van der Waals surface area contributed by atoms with Crippen molar-refractivity contribution < 1.29 is 13.9 Å². The second-order valence-electron chi connectivity index (χ2n) is 5.51. The third-order valence-corrected chi connectivity index (χ3v) is 3.50. The first-order valence-electron chi connectivity index (χ1n) is 8.23. The van der Waals surface area contributed by atoms with E-state index in [9.17, 15) is 4.79 Å². The van der Waals surface area contributed by atoms with Gasteiger partial charge in [0, 0.05) is 18.7 Å². The van der Waals surface area contributed by atoms with Crippen molar-refractivity contribution in [1.29, 1.82) is 0 Å². The number of hydrogen-bond acceptors (Lipinski definition) is 5. The Labute approximate surface area is 147 Å². The number of ether oxygens (including phenoxy) is 1. The molecule has 2 aromatic rings. The SMILES string of the molecule is CCNC(=NCc1coc(-c2ccccc2)n1)NCC(C)C(=O)OC. The Morgan fingerprint density at radius 3 is 2.76 bits per heavy atom. The zero-order valence-electron chi connectivity index (χ0n) is 14.8. The molecule has 0 radical (unpaired) electrons. The number of aliphatic imine (C=N–C) groups is 1. The number of nitrogens with zero attached hydrogens (tertiary/aromatic N) is 2. The minimum absolute atomic E-state index is 0.257. The normalized spacial score (nSPS) is 12.5. The molecule has 0 bridgehead atoms. The summed E-state index contributed by atoms with van der Waals surface area (Å²) in [6.45, 7) is 5.30. The number of guanidine groups is 1. The van der Waals surface area contributed by atoms with Gasteiger partial charge in [0.25, 0.3) is 0 Å². The summed E-state index contributed by atoms with van der Waals surface area (Å²) in [7, 11) is 1.38. The molecular formula is C18H24N4O3. The first-order valence-corrected chi connectivity index (χ1v) is 8.23. The summed E-state index contributed by atoms with van der Waals surface area (Å²) in [6.07, 6.45) is 1.60. The fourth-order valence-corrected chi connectivity index (χ4v) is 2.13. The molecule has 7 nitrogen and oxygen atoms in total. The van der Waals surface area contributed by atoms with Crippen molar-refractivity contribution in [3.05, 3.63) is 42.3 Å². The van der Waals surface area contributed by atoms with Gasteiger partial charge in [-0.1, -0.05) is 25.1 Å². The van der Waals surface area contributed by atoms with Crippen molar-refractivity contribution >= 4 is 11.9 Å². The van der Waals surface area contributed by atoms with Gasteiger partial charge in [-0.05, 0) is 19.1 Å². The Bertz CT molecular complexity index is 697. The molecule has 25 heavy (non-hydrogen) atoms. The van der Waals surface area contributed by atoms with Crippen LogP contribution in [0.4, 0.5) is 0 Å². The van der Waals surface area contributed by atoms with Crippen LogP contribution in [0.25, 0.3) is 11.5 Å². The molecule has 0 spiro atoms. The maximum absolute atomic E-state index is 11.5. The van der Waals surface area contributed by atoms with E-state index in [1.54, 1.807) is 13.2 Å². The van der Waals surface area contributed by atoms with Gasteiger partial charge >= 0.3 is 5.97 Å². The summed E-state index contributed by atoms with van der Waals surface area (Å²) >= 11 is 0. The number of methoxy groups -OCH3 is 1. The summed E-state index contributed by atoms with van der Waals surface area (Å²) in [4.78, 5) is 20.4. The average molecular weight is 344 g/mol. The van der Waals surface area contributed by atoms with Crippen molar-refractivity contribution in [2.24, 2.45) is 10.9 Å². The molecule has 0 fully saturated rings. The monoisotopic (exact) mass is 344 g/mol. The Balaban J connectivity index is 1.96. The van der Waals surface area contributed by atoms with Gasteiger partial charge in [-0.15, -0.1) is 0 Å². The van der Waals surface area contributed by atoms with Gasteiger partial charge in [0.2, 0.25) is 5.89 Å². The number of oxazole rings is 1. The van der Waals surface area contributed by atoms with E-state index in [2.05, 4.69) is 20.6 Å². The van der Waals surface area contributed by atoms with Crippen LogP contribution < -0.4 is 10.6 Å². The zero-order chi connectivity index (χ0) is 18.1. The van der Waals surface area contributed by atoms with Crippen LogP contribution >= 0.6 is 0 Å². The lowest BCUT2D eigenvalue weighted by Crippen LogP contribution is -2.40. The van der Waals surface area contributed by atoms with Crippen LogP contribution in [0, 0.1) is 5.92 Å². The molecule has 1 aromatic heterocycles. The molecule has 1 unspecified atom stereocenters. The fraction of sp³-hybridized carbons (Fsp3) is 0.389. The largest absolute Gasteiger partial charge is 0.469 e. The number of carbonyl (C=O) groups excluding carboxylic acids is 1. The summed E-state index contributed by atoms with van der Waals surface area (Å²) in [5.74, 6) is 0.670. The molecule has 2 N–H and O–H groups in total. The minimum atomic E-state index is -0.259. The van der Waals surface area contributed by atoms with Crippen LogP contribution in [-0.4, -0.2) is 37.1 Å². The summed E-state index contributed by atoms with van der Waals surface area (Å²) < 4.78 is 10.2. The summed E-state index contributed by atoms with van der Waals surface area (Å²) in [6, 6.07) is 9.71. The highest BCUT2D eigenvalue weighted by Crippen LogP contribution is 2.18. The van der Waals surface area contributed by atoms with Gasteiger partial charge in [0.05, 0.1) is 19.6 Å². The average Bonchev–Trinajstić information content (AvgIpc) is 3.12. The molecule has 2 rings (SSSR count). The lowest BCUT2D eigenvalue weighted by atomic mass is 10.2. The lowest BCUT2D eigenvalue weighted by molar-refractivity contribution is -0.144. The Morgan fingerprint density at radius 2 is 2.08 bits per heavy atom. The van der Waals surface area contributed by atoms with Crippen LogP contribution in [0.1, 0.15) is 19.5 Å². The number of rotatable bonds is 7. The molecule has 0 aliphatic carbocycles. The van der Waals surface area contributed by atoms with E-state index in [0.717, 1.165) is 11.3 Å². The Hall–Kier alpha value is -2.83. The maximum atomic E-state index is 11.5. The van der Waals surface area contributed by atoms with Gasteiger partial charge in [-0.25, -0.2) is 9.98 Å². The van der Waals surface area contributed by atoms with Gasteiger partial charge in [-0.3, -0.25) is 4.79 Å². The van der Waals surface area contributed by atoms with Crippen molar-refractivity contribution in [2.75, 3.05) is 20.2 Å². The molecule has 0 aliphatic heterocycles. The number of nitrogens with one attached hydrogen (secondary N) is 2. The van der Waals surface area contributed by atoms with Crippen molar-refractivity contribution in [3.8, 4) is 11.5 Å². The molecule has 7 heteroatoms. The second kappa shape index (κ2) is 9.46. The number of benzene rings is 1. The highest BCUT2D eigenvalue weighted by Gasteiger charge is 2.13. The van der Waals surface area contributed by atoms with Crippen LogP contribution in [0.5, 0.6) is 0 Å². The van der Waals surface area contributed by atoms with Gasteiger partial charge in [0.15, 0.2) is 5.96 Å². The van der Waals surface area contributed by atoms with Crippen molar-refractivity contribution in [1.82, 2.24) is 15.6 Å². The van der Waals surface area contributed by atoms with E-state index in [1.165, 1.54) is 7.11 Å². The standard InChI is InChI=1S/C18H24N4O3/c1-4-19-18(20-10-13(2)17(23)24-3)21-11-15-12-25-16(22-15)14-8-6-5-7-9-14/h5-9,12-13H,4,10-11H2,1-3H3,(H2,19,20,21). The molecule has 0 aliphatic rings. The second-order valence-corrected chi connectivity index (χ2v) is 5.51. The van der Waals surface area contributed by atoms with Gasteiger partial charge in [0.1, 0.15) is 12.0 Å². The molecule has 0 amide bonds. The predicted octanol–water partition coefficient (Wildman–Crippen LogP) is 2.21. The Kier molecular flexibility index (Phi) is 7.00. The van der Waals surface area contributed by atoms with E-state index in [4.69, 9.17) is 9.15 Å². The fourth-order valence-electron chi connectivity index (χ4n) is 2.13. The molecule has 1 atom stereocenters. The Morgan fingerprint density at radius 1 is 1.32 bits per heavy atom. The van der Waals surface area contributed by atoms with Gasteiger partial charge in [-0.2, -0.15) is 0 Å². The first-order chi connectivity index (χ1) is 12.1. The molecule has 0 saturated carbocycles. The number of aromatic nitrogens is 1. The van der Waals surface area contributed by atoms with Crippen LogP contribution in [-0.2, 0) is 16.1 Å². The molecule has 1 aromatic carbocycles. The lowest BCUT2D eigenvalue weighted by Gasteiger charge is -2.14. The molecule has 1 heterocycles.